The van der Waals surface area contributed by atoms with Crippen LogP contribution in [0.4, 0.5) is 10.5 Å². The summed E-state index contributed by atoms with van der Waals surface area (Å²) in [5.74, 6) is 0.308. The van der Waals surface area contributed by atoms with Gasteiger partial charge in [0.15, 0.2) is 9.92 Å². The maximum atomic E-state index is 13.1. The van der Waals surface area contributed by atoms with Gasteiger partial charge in [0, 0.05) is 12.1 Å². The summed E-state index contributed by atoms with van der Waals surface area (Å²) in [5, 5.41) is 23.3. The Labute approximate surface area is 174 Å². The first kappa shape index (κ1) is 19.5. The summed E-state index contributed by atoms with van der Waals surface area (Å²) in [4.78, 5) is 12.9. The van der Waals surface area contributed by atoms with Crippen molar-refractivity contribution in [2.45, 2.75) is 62.5 Å². The minimum absolute atomic E-state index is 0.0902. The molecule has 0 saturated carbocycles. The van der Waals surface area contributed by atoms with E-state index in [1.165, 1.54) is 6.20 Å². The Morgan fingerprint density at radius 3 is 3.03 bits per heavy atom. The largest absolute Gasteiger partial charge is 0.477 e. The van der Waals surface area contributed by atoms with Crippen LogP contribution < -0.4 is 15.2 Å². The third-order valence-corrected chi connectivity index (χ3v) is 7.59. The van der Waals surface area contributed by atoms with Gasteiger partial charge in [0.2, 0.25) is 5.88 Å². The number of aliphatic hydroxyl groups excluding tert-OH is 1. The second-order valence-electron chi connectivity index (χ2n) is 8.20. The number of hydrogen-bond acceptors (Lipinski definition) is 5. The Kier molecular flexibility index (Phi) is 4.60. The Bertz CT molecular complexity index is 1160. The fourth-order valence-corrected chi connectivity index (χ4v) is 5.70. The molecule has 0 radical (unpaired) electrons. The van der Waals surface area contributed by atoms with Crippen LogP contribution in [0.2, 0.25) is 0 Å². The monoisotopic (exact) mass is 431 g/mol. The van der Waals surface area contributed by atoms with E-state index in [4.69, 9.17) is 9.88 Å². The summed E-state index contributed by atoms with van der Waals surface area (Å²) in [6.07, 6.45) is 5.72. The third kappa shape index (κ3) is 3.10. The van der Waals surface area contributed by atoms with Crippen molar-refractivity contribution in [3.8, 4) is 5.88 Å². The maximum absolute atomic E-state index is 13.1. The van der Waals surface area contributed by atoms with E-state index in [1.54, 1.807) is 4.68 Å². The van der Waals surface area contributed by atoms with Gasteiger partial charge in [-0.3, -0.25) is 0 Å². The molecule has 9 nitrogen and oxygen atoms in total. The lowest BCUT2D eigenvalue weighted by molar-refractivity contribution is 0.180. The van der Waals surface area contributed by atoms with Crippen LogP contribution in [0.5, 0.6) is 5.88 Å². The minimum Gasteiger partial charge on any atom is -0.477 e. The molecule has 3 unspecified atom stereocenters. The SMILES string of the molecule is CC1CCOc2c(S(N)(=O)=NC(=O)Nc3c4c(cc5c3CCC5O)CCC4)cnn21. The van der Waals surface area contributed by atoms with Crippen LogP contribution in [0.3, 0.4) is 0 Å². The van der Waals surface area contributed by atoms with E-state index in [2.05, 4.69) is 20.8 Å². The van der Waals surface area contributed by atoms with Crippen molar-refractivity contribution in [2.24, 2.45) is 9.50 Å². The van der Waals surface area contributed by atoms with Gasteiger partial charge in [-0.05, 0) is 61.3 Å². The van der Waals surface area contributed by atoms with E-state index in [1.807, 2.05) is 6.92 Å². The lowest BCUT2D eigenvalue weighted by atomic mass is 9.98. The van der Waals surface area contributed by atoms with Crippen molar-refractivity contribution in [3.63, 3.8) is 0 Å². The number of anilines is 1. The van der Waals surface area contributed by atoms with E-state index in [9.17, 15) is 14.1 Å². The van der Waals surface area contributed by atoms with Crippen molar-refractivity contribution in [2.75, 3.05) is 11.9 Å². The molecular weight excluding hydrogens is 406 g/mol. The number of nitrogens with one attached hydrogen (secondary N) is 1. The number of carbonyl (C=O) groups excluding carboxylic acids is 1. The number of urea groups is 1. The van der Waals surface area contributed by atoms with Gasteiger partial charge in [-0.25, -0.2) is 18.8 Å². The number of aromatic nitrogens is 2. The highest BCUT2D eigenvalue weighted by Crippen LogP contribution is 2.42. The van der Waals surface area contributed by atoms with Crippen molar-refractivity contribution in [1.82, 2.24) is 9.78 Å². The fourth-order valence-electron chi connectivity index (χ4n) is 4.70. The molecule has 1 aliphatic heterocycles. The molecule has 1 aromatic carbocycles. The Morgan fingerprint density at radius 2 is 2.20 bits per heavy atom. The summed E-state index contributed by atoms with van der Waals surface area (Å²) in [7, 11) is -3.53. The number of benzene rings is 1. The summed E-state index contributed by atoms with van der Waals surface area (Å²) in [6.45, 7) is 2.45. The third-order valence-electron chi connectivity index (χ3n) is 6.24. The zero-order valence-electron chi connectivity index (χ0n) is 16.8. The van der Waals surface area contributed by atoms with Gasteiger partial charge in [-0.15, -0.1) is 4.36 Å². The molecule has 0 fully saturated rings. The molecule has 2 amide bonds. The molecule has 2 heterocycles. The lowest BCUT2D eigenvalue weighted by Crippen LogP contribution is -2.22. The van der Waals surface area contributed by atoms with Crippen LogP contribution in [0.25, 0.3) is 0 Å². The number of aryl methyl sites for hydroxylation is 1. The van der Waals surface area contributed by atoms with Gasteiger partial charge in [0.1, 0.15) is 4.90 Å². The number of ether oxygens (including phenoxy) is 1. The number of aliphatic hydroxyl groups is 1. The smallest absolute Gasteiger partial charge is 0.354 e. The van der Waals surface area contributed by atoms with E-state index >= 15 is 0 Å². The molecule has 160 valence electrons. The molecule has 2 aliphatic carbocycles. The first-order chi connectivity index (χ1) is 14.3. The molecule has 5 rings (SSSR count). The first-order valence-corrected chi connectivity index (χ1v) is 11.8. The number of hydrogen-bond donors (Lipinski definition) is 3. The number of carbonyl (C=O) groups is 1. The van der Waals surface area contributed by atoms with E-state index in [0.717, 1.165) is 47.9 Å². The van der Waals surface area contributed by atoms with Crippen LogP contribution in [0, 0.1) is 0 Å². The highest BCUT2D eigenvalue weighted by Gasteiger charge is 2.30. The summed E-state index contributed by atoms with van der Waals surface area (Å²) in [5.41, 5.74) is 4.73. The van der Waals surface area contributed by atoms with Crippen LogP contribution in [-0.4, -0.2) is 31.7 Å². The molecule has 3 atom stereocenters. The lowest BCUT2D eigenvalue weighted by Gasteiger charge is -2.22. The van der Waals surface area contributed by atoms with Gasteiger partial charge in [0.25, 0.3) is 0 Å². The van der Waals surface area contributed by atoms with Crippen LogP contribution in [0.15, 0.2) is 21.5 Å². The highest BCUT2D eigenvalue weighted by molar-refractivity contribution is 7.91. The molecule has 30 heavy (non-hydrogen) atoms. The van der Waals surface area contributed by atoms with Gasteiger partial charge in [-0.2, -0.15) is 5.10 Å². The Balaban J connectivity index is 1.50. The zero-order valence-corrected chi connectivity index (χ0v) is 17.6. The van der Waals surface area contributed by atoms with Crippen molar-refractivity contribution >= 4 is 21.6 Å². The van der Waals surface area contributed by atoms with Crippen LogP contribution in [-0.2, 0) is 29.2 Å². The number of amides is 2. The number of nitrogens with two attached hydrogens (primary N) is 1. The van der Waals surface area contributed by atoms with Crippen molar-refractivity contribution in [3.05, 3.63) is 34.5 Å². The van der Waals surface area contributed by atoms with Crippen molar-refractivity contribution in [1.29, 1.82) is 0 Å². The minimum atomic E-state index is -3.53. The fraction of sp³-hybridized carbons (Fsp3) is 0.500. The van der Waals surface area contributed by atoms with E-state index < -0.39 is 22.1 Å². The van der Waals surface area contributed by atoms with Crippen LogP contribution >= 0.6 is 0 Å². The van der Waals surface area contributed by atoms with Gasteiger partial charge in [0.05, 0.1) is 24.9 Å². The highest BCUT2D eigenvalue weighted by atomic mass is 32.2. The van der Waals surface area contributed by atoms with E-state index in [-0.39, 0.29) is 10.9 Å². The van der Waals surface area contributed by atoms with Gasteiger partial charge < -0.3 is 15.2 Å². The molecule has 1 aromatic heterocycles. The number of fused-ring (bicyclic) bond motifs is 3. The Morgan fingerprint density at radius 1 is 1.37 bits per heavy atom. The standard InChI is InChI=1S/C20H25N5O4S/c1-11-7-8-29-19-17(10-22-25(11)19)30(21,28)24-20(27)23-18-13-4-2-3-12(13)9-15-14(18)5-6-16(15)26/h9-11,16,26H,2-8H2,1H3,(H3,21,23,24,27,28). The molecule has 0 saturated heterocycles. The van der Waals surface area contributed by atoms with E-state index in [0.29, 0.717) is 31.0 Å². The first-order valence-electron chi connectivity index (χ1n) is 10.3. The molecular formula is C20H25N5O4S. The zero-order chi connectivity index (χ0) is 21.0. The second kappa shape index (κ2) is 7.07. The number of nitrogens with zero attached hydrogens (tertiary/aromatic N) is 3. The molecule has 4 N–H and O–H groups in total. The van der Waals surface area contributed by atoms with Gasteiger partial charge >= 0.3 is 6.03 Å². The average molecular weight is 432 g/mol. The second-order valence-corrected chi connectivity index (χ2v) is 9.96. The predicted octanol–water partition coefficient (Wildman–Crippen LogP) is 2.63. The molecule has 0 bridgehead atoms. The summed E-state index contributed by atoms with van der Waals surface area (Å²) < 4.78 is 24.2. The quantitative estimate of drug-likeness (QED) is 0.672. The van der Waals surface area contributed by atoms with Crippen LogP contribution in [0.1, 0.15) is 60.6 Å². The summed E-state index contributed by atoms with van der Waals surface area (Å²) >= 11 is 0. The van der Waals surface area contributed by atoms with Crippen molar-refractivity contribution < 1.29 is 18.8 Å². The normalized spacial score (nSPS) is 23.7. The Hall–Kier alpha value is -2.43. The molecule has 0 spiro atoms. The topological polar surface area (TPSA) is 132 Å². The average Bonchev–Trinajstić information content (AvgIpc) is 3.40. The van der Waals surface area contributed by atoms with Gasteiger partial charge in [-0.1, -0.05) is 6.07 Å². The predicted molar refractivity (Wildman–Crippen MR) is 111 cm³/mol. The summed E-state index contributed by atoms with van der Waals surface area (Å²) in [6, 6.07) is 1.38. The molecule has 3 aliphatic rings. The number of rotatable bonds is 2. The molecule has 10 heteroatoms. The molecule has 2 aromatic rings. The maximum Gasteiger partial charge on any atom is 0.354 e.